The Kier molecular flexibility index (Phi) is 3.43. The summed E-state index contributed by atoms with van der Waals surface area (Å²) in [6.45, 7) is 3.94. The largest absolute Gasteiger partial charge is 0.308 e. The van der Waals surface area contributed by atoms with Crippen LogP contribution in [0, 0.1) is 13.8 Å². The van der Waals surface area contributed by atoms with Crippen molar-refractivity contribution >= 4 is 11.5 Å². The molecule has 5 heteroatoms. The van der Waals surface area contributed by atoms with Crippen LogP contribution in [0.2, 0.25) is 0 Å². The van der Waals surface area contributed by atoms with Crippen molar-refractivity contribution in [2.45, 2.75) is 13.8 Å². The molecule has 0 unspecified atom stereocenters. The highest BCUT2D eigenvalue weighted by Gasteiger charge is 2.14. The number of hydrogen-bond donors (Lipinski definition) is 2. The number of aryl methyl sites for hydroxylation is 2. The van der Waals surface area contributed by atoms with Gasteiger partial charge in [0.05, 0.1) is 16.9 Å². The second kappa shape index (κ2) is 5.01. The Morgan fingerprint density at radius 3 is 2.44 bits per heavy atom. The lowest BCUT2D eigenvalue weighted by Gasteiger charge is -2.06. The van der Waals surface area contributed by atoms with Crippen LogP contribution in [0.4, 0.5) is 5.69 Å². The van der Waals surface area contributed by atoms with Gasteiger partial charge in [-0.15, -0.1) is 0 Å². The van der Waals surface area contributed by atoms with Crippen LogP contribution in [0.15, 0.2) is 35.3 Å². The van der Waals surface area contributed by atoms with Crippen LogP contribution >= 0.6 is 0 Å². The van der Waals surface area contributed by atoms with Gasteiger partial charge in [-0.1, -0.05) is 18.2 Å². The van der Waals surface area contributed by atoms with Gasteiger partial charge in [-0.25, -0.2) is 10.8 Å². The molecule has 0 fully saturated rings. The molecular weight excluding hydrogens is 226 g/mol. The number of amidine groups is 1. The van der Waals surface area contributed by atoms with E-state index in [1.54, 1.807) is 0 Å². The molecule has 0 aliphatic heterocycles. The molecule has 5 nitrogen and oxygen atoms in total. The van der Waals surface area contributed by atoms with Gasteiger partial charge in [0.1, 0.15) is 0 Å². The monoisotopic (exact) mass is 243 g/mol. The molecule has 0 saturated heterocycles. The summed E-state index contributed by atoms with van der Waals surface area (Å²) in [5, 5.41) is 4.36. The molecular formula is C13H17N5. The number of nitrogens with two attached hydrogens (primary N) is 1. The first-order valence-electron chi connectivity index (χ1n) is 5.74. The van der Waals surface area contributed by atoms with Crippen LogP contribution in [0.3, 0.4) is 0 Å². The number of nitrogens with one attached hydrogen (secondary N) is 1. The number of hydrogen-bond acceptors (Lipinski definition) is 3. The van der Waals surface area contributed by atoms with E-state index in [1.807, 2.05) is 55.9 Å². The van der Waals surface area contributed by atoms with E-state index in [0.717, 1.165) is 22.6 Å². The van der Waals surface area contributed by atoms with E-state index < -0.39 is 0 Å². The molecule has 0 aliphatic carbocycles. The first kappa shape index (κ1) is 12.3. The topological polar surface area (TPSA) is 68.2 Å². The van der Waals surface area contributed by atoms with Crippen LogP contribution in [0.25, 0.3) is 0 Å². The molecule has 94 valence electrons. The fourth-order valence-electron chi connectivity index (χ4n) is 1.91. The van der Waals surface area contributed by atoms with Crippen LogP contribution in [-0.4, -0.2) is 15.6 Å². The van der Waals surface area contributed by atoms with Gasteiger partial charge in [0, 0.05) is 12.7 Å². The molecule has 0 aliphatic rings. The zero-order chi connectivity index (χ0) is 13.1. The highest BCUT2D eigenvalue weighted by atomic mass is 15.3. The minimum absolute atomic E-state index is 0.629. The molecule has 0 saturated carbocycles. The van der Waals surface area contributed by atoms with E-state index in [-0.39, 0.29) is 0 Å². The number of aliphatic imine (C=N–C) groups is 1. The lowest BCUT2D eigenvalue weighted by atomic mass is 10.2. The van der Waals surface area contributed by atoms with Gasteiger partial charge in [-0.3, -0.25) is 4.68 Å². The molecule has 0 atom stereocenters. The van der Waals surface area contributed by atoms with Crippen molar-refractivity contribution < 1.29 is 0 Å². The van der Waals surface area contributed by atoms with E-state index in [4.69, 9.17) is 5.84 Å². The fraction of sp³-hybridized carbons (Fsp3) is 0.231. The summed E-state index contributed by atoms with van der Waals surface area (Å²) < 4.78 is 1.82. The van der Waals surface area contributed by atoms with Crippen molar-refractivity contribution in [2.75, 3.05) is 0 Å². The van der Waals surface area contributed by atoms with Crippen LogP contribution in [0.5, 0.6) is 0 Å². The molecule has 2 rings (SSSR count). The Bertz CT molecular complexity index is 569. The Morgan fingerprint density at radius 2 is 1.94 bits per heavy atom. The molecule has 1 aromatic carbocycles. The van der Waals surface area contributed by atoms with Crippen molar-refractivity contribution in [3.05, 3.63) is 47.3 Å². The fourth-order valence-corrected chi connectivity index (χ4v) is 1.91. The van der Waals surface area contributed by atoms with Gasteiger partial charge in [0.25, 0.3) is 0 Å². The van der Waals surface area contributed by atoms with Gasteiger partial charge >= 0.3 is 0 Å². The molecule has 3 N–H and O–H groups in total. The van der Waals surface area contributed by atoms with E-state index >= 15 is 0 Å². The molecule has 2 aromatic rings. The van der Waals surface area contributed by atoms with Gasteiger partial charge in [-0.05, 0) is 26.0 Å². The lowest BCUT2D eigenvalue weighted by Crippen LogP contribution is -2.31. The summed E-state index contributed by atoms with van der Waals surface area (Å²) in [4.78, 5) is 4.51. The molecule has 1 heterocycles. The Labute approximate surface area is 106 Å². The van der Waals surface area contributed by atoms with Crippen LogP contribution in [-0.2, 0) is 7.05 Å². The summed E-state index contributed by atoms with van der Waals surface area (Å²) in [7, 11) is 1.91. The maximum Gasteiger partial charge on any atom is 0.151 e. The maximum absolute atomic E-state index is 5.58. The summed E-state index contributed by atoms with van der Waals surface area (Å²) in [6.07, 6.45) is 0. The van der Waals surface area contributed by atoms with Crippen molar-refractivity contribution in [1.29, 1.82) is 0 Å². The summed E-state index contributed by atoms with van der Waals surface area (Å²) >= 11 is 0. The number of para-hydroxylation sites is 1. The zero-order valence-corrected chi connectivity index (χ0v) is 10.8. The minimum Gasteiger partial charge on any atom is -0.308 e. The molecule has 0 radical (unpaired) electrons. The molecule has 1 aromatic heterocycles. The van der Waals surface area contributed by atoms with Gasteiger partial charge in [-0.2, -0.15) is 5.10 Å². The van der Waals surface area contributed by atoms with Gasteiger partial charge < -0.3 is 5.43 Å². The number of hydrazine groups is 1. The first-order chi connectivity index (χ1) is 8.63. The third kappa shape index (κ3) is 2.26. The summed E-state index contributed by atoms with van der Waals surface area (Å²) in [6, 6.07) is 9.69. The maximum atomic E-state index is 5.58. The van der Waals surface area contributed by atoms with Crippen LogP contribution in [0.1, 0.15) is 17.0 Å². The number of rotatable bonds is 2. The van der Waals surface area contributed by atoms with Gasteiger partial charge in [0.15, 0.2) is 5.84 Å². The van der Waals surface area contributed by atoms with Crippen molar-refractivity contribution in [2.24, 2.45) is 17.9 Å². The highest BCUT2D eigenvalue weighted by molar-refractivity contribution is 6.01. The Morgan fingerprint density at radius 1 is 1.28 bits per heavy atom. The van der Waals surface area contributed by atoms with Crippen molar-refractivity contribution in [3.63, 3.8) is 0 Å². The third-order valence-electron chi connectivity index (χ3n) is 2.88. The smallest absolute Gasteiger partial charge is 0.151 e. The number of nitrogens with zero attached hydrogens (tertiary/aromatic N) is 3. The number of aromatic nitrogens is 2. The molecule has 0 amide bonds. The van der Waals surface area contributed by atoms with E-state index in [1.165, 1.54) is 0 Å². The van der Waals surface area contributed by atoms with Crippen molar-refractivity contribution in [3.8, 4) is 0 Å². The zero-order valence-electron chi connectivity index (χ0n) is 10.8. The predicted octanol–water partition coefficient (Wildman–Crippen LogP) is 1.58. The van der Waals surface area contributed by atoms with Crippen molar-refractivity contribution in [1.82, 2.24) is 15.2 Å². The molecule has 0 spiro atoms. The first-order valence-corrected chi connectivity index (χ1v) is 5.74. The standard InChI is InChI=1S/C13H17N5/c1-9-12(10(2)18(3)17-9)13(16-14)15-11-7-5-4-6-8-11/h4-8H,14H2,1-3H3,(H,15,16). The third-order valence-corrected chi connectivity index (χ3v) is 2.88. The summed E-state index contributed by atoms with van der Waals surface area (Å²) in [5.41, 5.74) is 6.39. The number of benzene rings is 1. The van der Waals surface area contributed by atoms with E-state index in [2.05, 4.69) is 15.5 Å². The summed E-state index contributed by atoms with van der Waals surface area (Å²) in [5.74, 6) is 6.21. The molecule has 0 bridgehead atoms. The quantitative estimate of drug-likeness (QED) is 0.364. The van der Waals surface area contributed by atoms with E-state index in [9.17, 15) is 0 Å². The second-order valence-electron chi connectivity index (χ2n) is 4.11. The van der Waals surface area contributed by atoms with Gasteiger partial charge in [0.2, 0.25) is 0 Å². The second-order valence-corrected chi connectivity index (χ2v) is 4.11. The Balaban J connectivity index is 2.49. The average molecular weight is 243 g/mol. The normalized spacial score (nSPS) is 11.7. The van der Waals surface area contributed by atoms with Crippen LogP contribution < -0.4 is 11.3 Å². The van der Waals surface area contributed by atoms with E-state index in [0.29, 0.717) is 5.84 Å². The predicted molar refractivity (Wildman–Crippen MR) is 72.6 cm³/mol. The average Bonchev–Trinajstić information content (AvgIpc) is 2.62. The highest BCUT2D eigenvalue weighted by Crippen LogP contribution is 2.16. The SMILES string of the molecule is Cc1nn(C)c(C)c1C(=Nc1ccccc1)NN. The minimum atomic E-state index is 0.629. The Hall–Kier alpha value is -2.14. The lowest BCUT2D eigenvalue weighted by molar-refractivity contribution is 0.731. The molecule has 18 heavy (non-hydrogen) atoms.